The molecule has 0 bridgehead atoms. The zero-order valence-corrected chi connectivity index (χ0v) is 9.51. The van der Waals surface area contributed by atoms with Gasteiger partial charge in [0.25, 0.3) is 0 Å². The smallest absolute Gasteiger partial charge is 0.149 e. The first-order chi connectivity index (χ1) is 6.15. The summed E-state index contributed by atoms with van der Waals surface area (Å²) in [4.78, 5) is 3.96. The van der Waals surface area contributed by atoms with Crippen LogP contribution in [0.5, 0.6) is 0 Å². The lowest BCUT2D eigenvalue weighted by Crippen LogP contribution is -1.89. The summed E-state index contributed by atoms with van der Waals surface area (Å²) in [7, 11) is 0. The van der Waals surface area contributed by atoms with E-state index in [1.165, 1.54) is 17.8 Å². The van der Waals surface area contributed by atoms with Crippen LogP contribution in [0.1, 0.15) is 0 Å². The van der Waals surface area contributed by atoms with Gasteiger partial charge >= 0.3 is 0 Å². The van der Waals surface area contributed by atoms with Gasteiger partial charge in [0.15, 0.2) is 0 Å². The molecule has 1 rings (SSSR count). The minimum absolute atomic E-state index is 0.0723. The molecule has 0 amide bonds. The highest BCUT2D eigenvalue weighted by molar-refractivity contribution is 7.99. The zero-order valence-electron chi connectivity index (χ0n) is 6.43. The van der Waals surface area contributed by atoms with Crippen LogP contribution >= 0.6 is 46.6 Å². The summed E-state index contributed by atoms with van der Waals surface area (Å²) in [6, 6.07) is 1.54. The van der Waals surface area contributed by atoms with E-state index in [0.29, 0.717) is 20.8 Å². The van der Waals surface area contributed by atoms with Crippen LogP contribution < -0.4 is 0 Å². The maximum absolute atomic E-state index is 8.59. The van der Waals surface area contributed by atoms with E-state index in [4.69, 9.17) is 39.9 Å². The molecule has 0 unspecified atom stereocenters. The number of nitrogens with zero attached hydrogens (tertiary/aromatic N) is 1. The number of thioether (sulfide) groups is 1. The predicted molar refractivity (Wildman–Crippen MR) is 57.1 cm³/mol. The molecule has 0 fully saturated rings. The second-order valence-corrected chi connectivity index (χ2v) is 4.38. The molecule has 6 heteroatoms. The third-order valence-corrected chi connectivity index (χ3v) is 3.23. The number of hydrogen-bond acceptors (Lipinski definition) is 3. The summed E-state index contributed by atoms with van der Waals surface area (Å²) in [5.74, 6) is 0.532. The van der Waals surface area contributed by atoms with E-state index in [-0.39, 0.29) is 11.8 Å². The summed E-state index contributed by atoms with van der Waals surface area (Å²) in [6.07, 6.45) is 0. The molecule has 2 nitrogen and oxygen atoms in total. The first-order valence-corrected chi connectivity index (χ1v) is 5.52. The van der Waals surface area contributed by atoms with E-state index in [1.807, 2.05) is 0 Å². The Morgan fingerprint density at radius 3 is 2.62 bits per heavy atom. The third-order valence-electron chi connectivity index (χ3n) is 1.18. The Kier molecular flexibility index (Phi) is 4.62. The quantitative estimate of drug-likeness (QED) is 0.668. The lowest BCUT2D eigenvalue weighted by molar-refractivity contribution is 0.322. The molecule has 0 radical (unpaired) electrons. The topological polar surface area (TPSA) is 33.1 Å². The van der Waals surface area contributed by atoms with Crippen molar-refractivity contribution in [2.45, 2.75) is 5.03 Å². The van der Waals surface area contributed by atoms with Crippen LogP contribution in [0.4, 0.5) is 0 Å². The average Bonchev–Trinajstić information content (AvgIpc) is 2.09. The molecule has 13 heavy (non-hydrogen) atoms. The molecule has 1 aromatic rings. The molecule has 1 N–H and O–H groups in total. The number of aliphatic hydroxyl groups is 1. The molecule has 0 aliphatic carbocycles. The molecule has 0 spiro atoms. The number of hydrogen-bond donors (Lipinski definition) is 1. The summed E-state index contributed by atoms with van der Waals surface area (Å²) >= 11 is 18.5. The second kappa shape index (κ2) is 5.27. The number of aromatic nitrogens is 1. The van der Waals surface area contributed by atoms with Gasteiger partial charge in [-0.15, -0.1) is 11.8 Å². The van der Waals surface area contributed by atoms with E-state index in [9.17, 15) is 0 Å². The fourth-order valence-electron chi connectivity index (χ4n) is 0.672. The highest BCUT2D eigenvalue weighted by atomic mass is 35.5. The van der Waals surface area contributed by atoms with E-state index in [0.717, 1.165) is 0 Å². The Morgan fingerprint density at radius 2 is 2.00 bits per heavy atom. The van der Waals surface area contributed by atoms with E-state index < -0.39 is 0 Å². The molecule has 0 saturated heterocycles. The molecule has 0 aliphatic heterocycles. The van der Waals surface area contributed by atoms with Gasteiger partial charge < -0.3 is 5.11 Å². The van der Waals surface area contributed by atoms with Crippen molar-refractivity contribution < 1.29 is 5.11 Å². The van der Waals surface area contributed by atoms with Crippen molar-refractivity contribution in [1.29, 1.82) is 0 Å². The van der Waals surface area contributed by atoms with Crippen molar-refractivity contribution in [2.75, 3.05) is 12.4 Å². The minimum Gasteiger partial charge on any atom is -0.396 e. The van der Waals surface area contributed by atoms with Crippen LogP contribution in [0.15, 0.2) is 11.1 Å². The van der Waals surface area contributed by atoms with Gasteiger partial charge in [-0.25, -0.2) is 4.98 Å². The molecule has 0 atom stereocenters. The van der Waals surface area contributed by atoms with Crippen LogP contribution in [0.25, 0.3) is 0 Å². The fraction of sp³-hybridized carbons (Fsp3) is 0.286. The Labute approximate surface area is 95.2 Å². The normalized spacial score (nSPS) is 10.5. The van der Waals surface area contributed by atoms with Crippen molar-refractivity contribution in [1.82, 2.24) is 4.98 Å². The summed E-state index contributed by atoms with van der Waals surface area (Å²) in [6.45, 7) is 0.0723. The SMILES string of the molecule is OCCSc1nc(Cl)c(Cl)cc1Cl. The molecule has 0 aromatic carbocycles. The minimum atomic E-state index is 0.0723. The number of halogens is 3. The molecular formula is C7H6Cl3NOS. The Morgan fingerprint density at radius 1 is 1.31 bits per heavy atom. The maximum atomic E-state index is 8.59. The number of pyridine rings is 1. The van der Waals surface area contributed by atoms with Crippen molar-refractivity contribution in [3.8, 4) is 0 Å². The second-order valence-electron chi connectivity index (χ2n) is 2.12. The first-order valence-electron chi connectivity index (χ1n) is 3.40. The van der Waals surface area contributed by atoms with Crippen molar-refractivity contribution in [3.63, 3.8) is 0 Å². The van der Waals surface area contributed by atoms with E-state index in [2.05, 4.69) is 4.98 Å². The zero-order chi connectivity index (χ0) is 9.84. The van der Waals surface area contributed by atoms with Gasteiger partial charge in [-0.3, -0.25) is 0 Å². The van der Waals surface area contributed by atoms with Crippen molar-refractivity contribution in [2.24, 2.45) is 0 Å². The summed E-state index contributed by atoms with van der Waals surface area (Å²) < 4.78 is 0. The van der Waals surface area contributed by atoms with Crippen LogP contribution in [0.2, 0.25) is 15.2 Å². The average molecular weight is 259 g/mol. The standard InChI is InChI=1S/C7H6Cl3NOS/c8-4-3-5(9)7(11-6(4)10)13-2-1-12/h3,12H,1-2H2. The summed E-state index contributed by atoms with van der Waals surface area (Å²) in [5.41, 5.74) is 0. The van der Waals surface area contributed by atoms with E-state index >= 15 is 0 Å². The van der Waals surface area contributed by atoms with Crippen LogP contribution in [-0.2, 0) is 0 Å². The molecule has 0 aliphatic rings. The van der Waals surface area contributed by atoms with Gasteiger partial charge in [-0.2, -0.15) is 0 Å². The Balaban J connectivity index is 2.88. The monoisotopic (exact) mass is 257 g/mol. The lowest BCUT2D eigenvalue weighted by Gasteiger charge is -2.03. The van der Waals surface area contributed by atoms with Gasteiger partial charge in [-0.1, -0.05) is 34.8 Å². The fourth-order valence-corrected chi connectivity index (χ4v) is 2.02. The third kappa shape index (κ3) is 3.18. The highest BCUT2D eigenvalue weighted by Crippen LogP contribution is 2.31. The van der Waals surface area contributed by atoms with Crippen molar-refractivity contribution >= 4 is 46.6 Å². The largest absolute Gasteiger partial charge is 0.396 e. The van der Waals surface area contributed by atoms with E-state index in [1.54, 1.807) is 0 Å². The van der Waals surface area contributed by atoms with Gasteiger partial charge in [0.1, 0.15) is 10.2 Å². The summed E-state index contributed by atoms with van der Waals surface area (Å²) in [5, 5.41) is 10.2. The molecule has 72 valence electrons. The van der Waals surface area contributed by atoms with Gasteiger partial charge in [0.2, 0.25) is 0 Å². The van der Waals surface area contributed by atoms with Crippen molar-refractivity contribution in [3.05, 3.63) is 21.3 Å². The lowest BCUT2D eigenvalue weighted by atomic mass is 10.5. The van der Waals surface area contributed by atoms with Crippen LogP contribution in [0.3, 0.4) is 0 Å². The Hall–Kier alpha value is 0.330. The van der Waals surface area contributed by atoms with Gasteiger partial charge in [-0.05, 0) is 6.07 Å². The molecular weight excluding hydrogens is 253 g/mol. The van der Waals surface area contributed by atoms with Gasteiger partial charge in [0, 0.05) is 5.75 Å². The first kappa shape index (κ1) is 11.4. The van der Waals surface area contributed by atoms with Crippen LogP contribution in [0, 0.1) is 0 Å². The molecule has 1 aromatic heterocycles. The van der Waals surface area contributed by atoms with Crippen LogP contribution in [-0.4, -0.2) is 22.5 Å². The number of aliphatic hydroxyl groups excluding tert-OH is 1. The number of rotatable bonds is 3. The maximum Gasteiger partial charge on any atom is 0.149 e. The Bertz CT molecular complexity index is 308. The van der Waals surface area contributed by atoms with Gasteiger partial charge in [0.05, 0.1) is 16.7 Å². The molecule has 0 saturated carbocycles. The molecule has 1 heterocycles. The predicted octanol–water partition coefficient (Wildman–Crippen LogP) is 3.13. The highest BCUT2D eigenvalue weighted by Gasteiger charge is 2.07.